The molecule has 21 heavy (non-hydrogen) atoms. The average Bonchev–Trinajstić information content (AvgIpc) is 2.88. The van der Waals surface area contributed by atoms with Crippen LogP contribution in [0.2, 0.25) is 0 Å². The lowest BCUT2D eigenvalue weighted by molar-refractivity contribution is 0.594. The predicted octanol–water partition coefficient (Wildman–Crippen LogP) is 1.18. The van der Waals surface area contributed by atoms with Gasteiger partial charge in [0.15, 0.2) is 5.82 Å². The Balaban J connectivity index is 2.47. The second-order valence-electron chi connectivity index (χ2n) is 4.37. The van der Waals surface area contributed by atoms with Crippen LogP contribution >= 0.6 is 0 Å². The van der Waals surface area contributed by atoms with E-state index in [0.717, 1.165) is 4.31 Å². The number of aryl methyl sites for hydroxylation is 1. The lowest BCUT2D eigenvalue weighted by atomic mass is 10.2. The Hall–Kier alpha value is -2.53. The van der Waals surface area contributed by atoms with E-state index in [1.807, 2.05) is 13.0 Å². The second kappa shape index (κ2) is 5.46. The highest BCUT2D eigenvalue weighted by molar-refractivity contribution is 7.93. The molecule has 0 bridgehead atoms. The molecule has 1 aromatic heterocycles. The quantitative estimate of drug-likeness (QED) is 0.913. The van der Waals surface area contributed by atoms with E-state index < -0.39 is 10.0 Å². The second-order valence-corrected chi connectivity index (χ2v) is 6.31. The molecule has 1 aromatic carbocycles. The van der Waals surface area contributed by atoms with Gasteiger partial charge in [-0.2, -0.15) is 10.4 Å². The summed E-state index contributed by atoms with van der Waals surface area (Å²) in [6, 6.07) is 8.31. The maximum atomic E-state index is 12.6. The number of benzene rings is 1. The molecule has 8 heteroatoms. The Kier molecular flexibility index (Phi) is 3.86. The molecule has 0 aliphatic rings. The highest BCUT2D eigenvalue weighted by Crippen LogP contribution is 2.25. The predicted molar refractivity (Wildman–Crippen MR) is 79.1 cm³/mol. The Labute approximate surface area is 123 Å². The average molecular weight is 305 g/mol. The van der Waals surface area contributed by atoms with Gasteiger partial charge in [-0.3, -0.25) is 8.99 Å². The van der Waals surface area contributed by atoms with E-state index in [9.17, 15) is 8.42 Å². The summed E-state index contributed by atoms with van der Waals surface area (Å²) in [4.78, 5) is -0.0470. The Bertz CT molecular complexity index is 804. The molecule has 0 atom stereocenters. The molecule has 0 saturated heterocycles. The first-order chi connectivity index (χ1) is 9.90. The summed E-state index contributed by atoms with van der Waals surface area (Å²) in [7, 11) is -2.41. The highest BCUT2D eigenvalue weighted by atomic mass is 32.2. The van der Waals surface area contributed by atoms with Crippen LogP contribution in [0.4, 0.5) is 11.5 Å². The van der Waals surface area contributed by atoms with Crippen LogP contribution in [0.25, 0.3) is 0 Å². The number of nitrogens with zero attached hydrogens (tertiary/aromatic N) is 4. The van der Waals surface area contributed by atoms with Gasteiger partial charge in [-0.05, 0) is 25.1 Å². The highest BCUT2D eigenvalue weighted by Gasteiger charge is 2.26. The summed E-state index contributed by atoms with van der Waals surface area (Å²) in [6.45, 7) is 2.36. The van der Waals surface area contributed by atoms with E-state index in [2.05, 4.69) is 5.10 Å². The van der Waals surface area contributed by atoms with Crippen LogP contribution in [0.1, 0.15) is 12.5 Å². The fraction of sp³-hybridized carbons (Fsp3) is 0.231. The summed E-state index contributed by atoms with van der Waals surface area (Å²) in [5.74, 6) is -0.0415. The van der Waals surface area contributed by atoms with Crippen molar-refractivity contribution in [3.63, 3.8) is 0 Å². The first kappa shape index (κ1) is 14.9. The van der Waals surface area contributed by atoms with Crippen molar-refractivity contribution in [2.45, 2.75) is 18.4 Å². The summed E-state index contributed by atoms with van der Waals surface area (Å²) in [5.41, 5.74) is 6.45. The standard InChI is InChI=1S/C13H15N5O2S/c1-3-18-9-12(13(15)16-18)21(19,20)17(2)11-6-4-5-10(7-11)8-14/h4-7,9H,3H2,1-2H3,(H2,15,16). The molecule has 2 N–H and O–H groups in total. The molecule has 2 aromatic rings. The van der Waals surface area contributed by atoms with Crippen molar-refractivity contribution in [3.8, 4) is 6.07 Å². The molecular weight excluding hydrogens is 290 g/mol. The van der Waals surface area contributed by atoms with Gasteiger partial charge in [-0.25, -0.2) is 8.42 Å². The van der Waals surface area contributed by atoms with Gasteiger partial charge < -0.3 is 5.73 Å². The van der Waals surface area contributed by atoms with Gasteiger partial charge in [0.1, 0.15) is 4.90 Å². The van der Waals surface area contributed by atoms with Gasteiger partial charge in [0, 0.05) is 19.8 Å². The van der Waals surface area contributed by atoms with E-state index in [1.54, 1.807) is 18.2 Å². The molecular formula is C13H15N5O2S. The zero-order chi connectivity index (χ0) is 15.6. The van der Waals surface area contributed by atoms with Gasteiger partial charge >= 0.3 is 0 Å². The molecule has 0 fully saturated rings. The van der Waals surface area contributed by atoms with Crippen molar-refractivity contribution in [2.24, 2.45) is 0 Å². The Morgan fingerprint density at radius 2 is 2.19 bits per heavy atom. The van der Waals surface area contributed by atoms with E-state index in [1.165, 1.54) is 24.0 Å². The zero-order valence-electron chi connectivity index (χ0n) is 11.7. The van der Waals surface area contributed by atoms with Crippen molar-refractivity contribution in [2.75, 3.05) is 17.1 Å². The number of nitrogen functional groups attached to an aromatic ring is 1. The van der Waals surface area contributed by atoms with Gasteiger partial charge in [0.2, 0.25) is 0 Å². The van der Waals surface area contributed by atoms with Gasteiger partial charge in [-0.15, -0.1) is 0 Å². The normalized spacial score (nSPS) is 11.1. The zero-order valence-corrected chi connectivity index (χ0v) is 12.5. The van der Waals surface area contributed by atoms with Crippen LogP contribution in [-0.2, 0) is 16.6 Å². The third-order valence-electron chi connectivity index (χ3n) is 3.06. The smallest absolute Gasteiger partial charge is 0.269 e. The summed E-state index contributed by atoms with van der Waals surface area (Å²) in [5, 5.41) is 12.8. The molecule has 0 spiro atoms. The number of nitrogens with two attached hydrogens (primary N) is 1. The molecule has 2 rings (SSSR count). The fourth-order valence-electron chi connectivity index (χ4n) is 1.84. The number of aromatic nitrogens is 2. The minimum absolute atomic E-state index is 0.0415. The number of anilines is 2. The van der Waals surface area contributed by atoms with E-state index in [4.69, 9.17) is 11.0 Å². The minimum atomic E-state index is -3.82. The fourth-order valence-corrected chi connectivity index (χ4v) is 3.08. The minimum Gasteiger partial charge on any atom is -0.381 e. The van der Waals surface area contributed by atoms with Crippen LogP contribution in [0, 0.1) is 11.3 Å². The maximum absolute atomic E-state index is 12.6. The van der Waals surface area contributed by atoms with Crippen molar-refractivity contribution in [3.05, 3.63) is 36.0 Å². The van der Waals surface area contributed by atoms with Crippen LogP contribution in [-0.4, -0.2) is 25.2 Å². The Morgan fingerprint density at radius 3 is 2.76 bits per heavy atom. The first-order valence-corrected chi connectivity index (χ1v) is 7.66. The van der Waals surface area contributed by atoms with Gasteiger partial charge in [-0.1, -0.05) is 6.07 Å². The Morgan fingerprint density at radius 1 is 1.48 bits per heavy atom. The van der Waals surface area contributed by atoms with Crippen LogP contribution in [0.3, 0.4) is 0 Å². The number of hydrogen-bond acceptors (Lipinski definition) is 5. The number of nitriles is 1. The van der Waals surface area contributed by atoms with E-state index in [0.29, 0.717) is 17.8 Å². The third kappa shape index (κ3) is 2.68. The molecule has 110 valence electrons. The largest absolute Gasteiger partial charge is 0.381 e. The first-order valence-electron chi connectivity index (χ1n) is 6.22. The molecule has 0 amide bonds. The third-order valence-corrected chi connectivity index (χ3v) is 4.86. The molecule has 0 saturated carbocycles. The molecule has 1 heterocycles. The molecule has 0 unspecified atom stereocenters. The maximum Gasteiger partial charge on any atom is 0.269 e. The van der Waals surface area contributed by atoms with Crippen molar-refractivity contribution < 1.29 is 8.42 Å². The lowest BCUT2D eigenvalue weighted by Gasteiger charge is -2.18. The van der Waals surface area contributed by atoms with Crippen LogP contribution in [0.5, 0.6) is 0 Å². The van der Waals surface area contributed by atoms with E-state index >= 15 is 0 Å². The lowest BCUT2D eigenvalue weighted by Crippen LogP contribution is -2.27. The van der Waals surface area contributed by atoms with Gasteiger partial charge in [0.25, 0.3) is 10.0 Å². The number of rotatable bonds is 4. The van der Waals surface area contributed by atoms with Crippen molar-refractivity contribution in [1.82, 2.24) is 9.78 Å². The molecule has 0 aliphatic heterocycles. The van der Waals surface area contributed by atoms with Crippen molar-refractivity contribution in [1.29, 1.82) is 5.26 Å². The number of sulfonamides is 1. The molecule has 0 radical (unpaired) electrons. The van der Waals surface area contributed by atoms with Crippen LogP contribution in [0.15, 0.2) is 35.4 Å². The van der Waals surface area contributed by atoms with E-state index in [-0.39, 0.29) is 10.7 Å². The SMILES string of the molecule is CCn1cc(S(=O)(=O)N(C)c2cccc(C#N)c2)c(N)n1. The summed E-state index contributed by atoms with van der Waals surface area (Å²) < 4.78 is 27.7. The summed E-state index contributed by atoms with van der Waals surface area (Å²) >= 11 is 0. The topological polar surface area (TPSA) is 105 Å². The summed E-state index contributed by atoms with van der Waals surface area (Å²) in [6.07, 6.45) is 1.40. The molecule has 0 aliphatic carbocycles. The monoisotopic (exact) mass is 305 g/mol. The molecule has 7 nitrogen and oxygen atoms in total. The van der Waals surface area contributed by atoms with Gasteiger partial charge in [0.05, 0.1) is 17.3 Å². The van der Waals surface area contributed by atoms with Crippen LogP contribution < -0.4 is 10.0 Å². The van der Waals surface area contributed by atoms with Crippen molar-refractivity contribution >= 4 is 21.5 Å². The number of hydrogen-bond donors (Lipinski definition) is 1.